The van der Waals surface area contributed by atoms with Crippen LogP contribution in [-0.2, 0) is 9.47 Å². The van der Waals surface area contributed by atoms with Crippen molar-refractivity contribution in [1.82, 2.24) is 0 Å². The van der Waals surface area contributed by atoms with Gasteiger partial charge in [0.05, 0.1) is 7.11 Å². The van der Waals surface area contributed by atoms with Gasteiger partial charge in [0.15, 0.2) is 0 Å². The fraction of sp³-hybridized carbons (Fsp3) is 0.714. The molecule has 0 amide bonds. The number of nitrogens with zero attached hydrogens (tertiary/aromatic N) is 2. The molecule has 0 N–H and O–H groups in total. The summed E-state index contributed by atoms with van der Waals surface area (Å²) < 4.78 is 9.50. The lowest BCUT2D eigenvalue weighted by Crippen LogP contribution is -2.04. The maximum Gasteiger partial charge on any atom is 0.217 e. The molecule has 0 aromatic carbocycles. The van der Waals surface area contributed by atoms with Crippen LogP contribution in [0.4, 0.5) is 0 Å². The van der Waals surface area contributed by atoms with Crippen LogP contribution in [0.3, 0.4) is 0 Å². The normalized spacial score (nSPS) is 10.7. The van der Waals surface area contributed by atoms with Crippen LogP contribution >= 0.6 is 0 Å². The van der Waals surface area contributed by atoms with Crippen LogP contribution in [0.2, 0.25) is 0 Å². The zero-order valence-corrected chi connectivity index (χ0v) is 13.3. The predicted octanol–water partition coefficient (Wildman–Crippen LogP) is 3.72. The first-order valence-electron chi connectivity index (χ1n) is 6.15. The van der Waals surface area contributed by atoms with E-state index in [2.05, 4.69) is 35.1 Å². The van der Waals surface area contributed by atoms with Crippen LogP contribution < -0.4 is 0 Å². The number of hydrogen-bond acceptors (Lipinski definition) is 3. The van der Waals surface area contributed by atoms with E-state index in [1.807, 2.05) is 20.8 Å². The van der Waals surface area contributed by atoms with Gasteiger partial charge in [0.1, 0.15) is 5.84 Å². The zero-order chi connectivity index (χ0) is 15.0. The number of hydrogen-bond donors (Lipinski definition) is 0. The van der Waals surface area contributed by atoms with Crippen molar-refractivity contribution in [2.24, 2.45) is 9.98 Å². The van der Waals surface area contributed by atoms with Crippen LogP contribution in [0.15, 0.2) is 22.1 Å². The molecule has 0 spiro atoms. The Labute approximate surface area is 113 Å². The molecule has 0 bridgehead atoms. The van der Waals surface area contributed by atoms with E-state index in [1.54, 1.807) is 21.3 Å². The van der Waals surface area contributed by atoms with Crippen molar-refractivity contribution in [2.75, 3.05) is 27.9 Å². The molecule has 0 fully saturated rings. The Bertz CT molecular complexity index is 244. The lowest BCUT2D eigenvalue weighted by molar-refractivity contribution is 0.215. The van der Waals surface area contributed by atoms with Gasteiger partial charge in [-0.1, -0.05) is 26.8 Å². The first kappa shape index (κ1) is 22.1. The number of amidine groups is 1. The van der Waals surface area contributed by atoms with Crippen molar-refractivity contribution in [3.8, 4) is 0 Å². The molecule has 0 saturated carbocycles. The molecule has 0 atom stereocenters. The lowest BCUT2D eigenvalue weighted by atomic mass is 10.3. The topological polar surface area (TPSA) is 43.2 Å². The van der Waals surface area contributed by atoms with E-state index in [1.165, 1.54) is 6.42 Å². The van der Waals surface area contributed by atoms with E-state index in [4.69, 9.17) is 4.74 Å². The lowest BCUT2D eigenvalue weighted by Gasteiger charge is -2.02. The molecule has 0 unspecified atom stereocenters. The van der Waals surface area contributed by atoms with Crippen LogP contribution in [0.25, 0.3) is 0 Å². The molecule has 108 valence electrons. The molecule has 0 saturated heterocycles. The van der Waals surface area contributed by atoms with Crippen molar-refractivity contribution in [3.05, 3.63) is 12.2 Å². The van der Waals surface area contributed by atoms with Crippen molar-refractivity contribution in [1.29, 1.82) is 0 Å². The molecule has 0 heterocycles. The molecule has 0 aliphatic heterocycles. The molecular formula is C14H30N2O2. The third-order valence-corrected chi connectivity index (χ3v) is 1.43. The third-order valence-electron chi connectivity index (χ3n) is 1.43. The first-order chi connectivity index (χ1) is 8.44. The Kier molecular flexibility index (Phi) is 22.3. The van der Waals surface area contributed by atoms with Gasteiger partial charge in [0, 0.05) is 26.3 Å². The van der Waals surface area contributed by atoms with Gasteiger partial charge < -0.3 is 9.47 Å². The number of ether oxygens (including phenoxy) is 2. The fourth-order valence-corrected chi connectivity index (χ4v) is 0.512. The molecule has 0 aliphatic carbocycles. The summed E-state index contributed by atoms with van der Waals surface area (Å²) in [7, 11) is 4.93. The highest BCUT2D eigenvalue weighted by Gasteiger charge is 1.97. The second-order valence-electron chi connectivity index (χ2n) is 3.46. The summed E-state index contributed by atoms with van der Waals surface area (Å²) in [5.74, 6) is 1.22. The molecule has 0 radical (unpaired) electrons. The van der Waals surface area contributed by atoms with Gasteiger partial charge in [-0.05, 0) is 20.8 Å². The summed E-state index contributed by atoms with van der Waals surface area (Å²) in [5.41, 5.74) is 0.801. The molecule has 18 heavy (non-hydrogen) atoms. The minimum Gasteiger partial charge on any atom is -0.481 e. The number of methoxy groups -OCH3 is 2. The molecule has 4 nitrogen and oxygen atoms in total. The standard InChI is InChI=1S/C8H14N2O.C3H8O.C3H8/c1-6(2)8(11-5)10-7(3)9-4;1-3-4-2;1-3-2/h1H2,2-5H3;3H2,1-2H3;3H2,1-2H3. The second kappa shape index (κ2) is 18.2. The minimum atomic E-state index is 0.535. The van der Waals surface area contributed by atoms with Crippen molar-refractivity contribution in [3.63, 3.8) is 0 Å². The van der Waals surface area contributed by atoms with Gasteiger partial charge in [-0.25, -0.2) is 0 Å². The highest BCUT2D eigenvalue weighted by atomic mass is 16.5. The SMILES string of the molecule is C=C(C)C(=NC(C)=NC)OC.CCC.CCOC. The van der Waals surface area contributed by atoms with Crippen molar-refractivity contribution in [2.45, 2.75) is 41.0 Å². The third kappa shape index (κ3) is 20.3. The van der Waals surface area contributed by atoms with E-state index in [-0.39, 0.29) is 0 Å². The molecule has 0 aliphatic rings. The van der Waals surface area contributed by atoms with Crippen LogP contribution in [0, 0.1) is 0 Å². The highest BCUT2D eigenvalue weighted by Crippen LogP contribution is 1.95. The van der Waals surface area contributed by atoms with E-state index >= 15 is 0 Å². The van der Waals surface area contributed by atoms with E-state index in [0.717, 1.165) is 12.2 Å². The summed E-state index contributed by atoms with van der Waals surface area (Å²) in [6.07, 6.45) is 1.25. The molecular weight excluding hydrogens is 228 g/mol. The minimum absolute atomic E-state index is 0.535. The average Bonchev–Trinajstić information content (AvgIpc) is 2.36. The Morgan fingerprint density at radius 1 is 1.11 bits per heavy atom. The number of aliphatic imine (C=N–C) groups is 2. The Balaban J connectivity index is -0.000000266. The van der Waals surface area contributed by atoms with Crippen molar-refractivity contribution >= 4 is 11.7 Å². The smallest absolute Gasteiger partial charge is 0.217 e. The molecule has 0 rings (SSSR count). The van der Waals surface area contributed by atoms with E-state index in [9.17, 15) is 0 Å². The first-order valence-corrected chi connectivity index (χ1v) is 6.15. The second-order valence-corrected chi connectivity index (χ2v) is 3.46. The van der Waals surface area contributed by atoms with Crippen LogP contribution in [0.1, 0.15) is 41.0 Å². The van der Waals surface area contributed by atoms with E-state index < -0.39 is 0 Å². The van der Waals surface area contributed by atoms with Crippen LogP contribution in [0.5, 0.6) is 0 Å². The van der Waals surface area contributed by atoms with Gasteiger partial charge in [0.25, 0.3) is 0 Å². The largest absolute Gasteiger partial charge is 0.481 e. The Morgan fingerprint density at radius 3 is 1.67 bits per heavy atom. The zero-order valence-electron chi connectivity index (χ0n) is 13.3. The summed E-state index contributed by atoms with van der Waals surface area (Å²) in [4.78, 5) is 7.92. The van der Waals surface area contributed by atoms with Crippen molar-refractivity contribution < 1.29 is 9.47 Å². The van der Waals surface area contributed by atoms with Crippen LogP contribution in [-0.4, -0.2) is 39.6 Å². The summed E-state index contributed by atoms with van der Waals surface area (Å²) in [6.45, 7) is 14.4. The van der Waals surface area contributed by atoms with Gasteiger partial charge in [-0.3, -0.25) is 4.99 Å². The Morgan fingerprint density at radius 2 is 1.50 bits per heavy atom. The predicted molar refractivity (Wildman–Crippen MR) is 81.8 cm³/mol. The quantitative estimate of drug-likeness (QED) is 0.559. The fourth-order valence-electron chi connectivity index (χ4n) is 0.512. The van der Waals surface area contributed by atoms with Gasteiger partial charge in [-0.15, -0.1) is 0 Å². The van der Waals surface area contributed by atoms with E-state index in [0.29, 0.717) is 11.7 Å². The summed E-state index contributed by atoms with van der Waals surface area (Å²) in [6, 6.07) is 0. The van der Waals surface area contributed by atoms with Gasteiger partial charge in [-0.2, -0.15) is 4.99 Å². The average molecular weight is 258 g/mol. The molecule has 0 aromatic heterocycles. The molecule has 4 heteroatoms. The Hall–Kier alpha value is -1.16. The maximum absolute atomic E-state index is 4.95. The monoisotopic (exact) mass is 258 g/mol. The van der Waals surface area contributed by atoms with Gasteiger partial charge >= 0.3 is 0 Å². The molecule has 0 aromatic rings. The highest BCUT2D eigenvalue weighted by molar-refractivity contribution is 6.01. The number of rotatable bonds is 2. The van der Waals surface area contributed by atoms with Gasteiger partial charge in [0.2, 0.25) is 5.90 Å². The maximum atomic E-state index is 4.95. The summed E-state index contributed by atoms with van der Waals surface area (Å²) >= 11 is 0. The summed E-state index contributed by atoms with van der Waals surface area (Å²) in [5, 5.41) is 0.